The van der Waals surface area contributed by atoms with Gasteiger partial charge in [0.25, 0.3) is 5.91 Å². The maximum Gasteiger partial charge on any atom is 0.258 e. The molecule has 0 fully saturated rings. The van der Waals surface area contributed by atoms with E-state index in [1.54, 1.807) is 24.3 Å². The van der Waals surface area contributed by atoms with Crippen LogP contribution in [0, 0.1) is 12.7 Å². The van der Waals surface area contributed by atoms with Crippen molar-refractivity contribution in [1.29, 1.82) is 0 Å². The summed E-state index contributed by atoms with van der Waals surface area (Å²) in [6.07, 6.45) is 0. The van der Waals surface area contributed by atoms with Gasteiger partial charge in [0.05, 0.1) is 6.54 Å². The zero-order valence-corrected chi connectivity index (χ0v) is 13.8. The summed E-state index contributed by atoms with van der Waals surface area (Å²) in [5.41, 5.74) is 1.85. The van der Waals surface area contributed by atoms with Crippen molar-refractivity contribution < 1.29 is 18.3 Å². The molecule has 0 radical (unpaired) electrons. The lowest BCUT2D eigenvalue weighted by molar-refractivity contribution is -0.123. The minimum absolute atomic E-state index is 0.0605. The van der Waals surface area contributed by atoms with Crippen LogP contribution >= 0.6 is 0 Å². The van der Waals surface area contributed by atoms with Gasteiger partial charge in [-0.05, 0) is 61.0 Å². The fourth-order valence-corrected chi connectivity index (χ4v) is 2.33. The molecule has 3 aromatic rings. The molecular formula is C20H18FNO3. The Morgan fingerprint density at radius 3 is 2.68 bits per heavy atom. The van der Waals surface area contributed by atoms with Crippen LogP contribution in [0.1, 0.15) is 11.3 Å². The summed E-state index contributed by atoms with van der Waals surface area (Å²) >= 11 is 0. The SMILES string of the molecule is Cc1cccc(OCC(=O)NCc2ccc(-c3ccc(F)cc3)o2)c1. The first kappa shape index (κ1) is 16.8. The zero-order chi connectivity index (χ0) is 17.6. The van der Waals surface area contributed by atoms with Gasteiger partial charge in [-0.25, -0.2) is 4.39 Å². The van der Waals surface area contributed by atoms with E-state index in [-0.39, 0.29) is 24.9 Å². The Morgan fingerprint density at radius 2 is 1.92 bits per heavy atom. The second-order valence-corrected chi connectivity index (χ2v) is 5.65. The predicted molar refractivity (Wildman–Crippen MR) is 92.6 cm³/mol. The first-order valence-corrected chi connectivity index (χ1v) is 7.91. The highest BCUT2D eigenvalue weighted by Gasteiger charge is 2.07. The summed E-state index contributed by atoms with van der Waals surface area (Å²) in [4.78, 5) is 11.9. The molecule has 0 spiro atoms. The van der Waals surface area contributed by atoms with Gasteiger partial charge in [-0.2, -0.15) is 0 Å². The van der Waals surface area contributed by atoms with Crippen LogP contribution in [0.2, 0.25) is 0 Å². The van der Waals surface area contributed by atoms with E-state index < -0.39 is 0 Å². The third-order valence-electron chi connectivity index (χ3n) is 3.61. The minimum Gasteiger partial charge on any atom is -0.484 e. The van der Waals surface area contributed by atoms with Gasteiger partial charge >= 0.3 is 0 Å². The minimum atomic E-state index is -0.295. The number of ether oxygens (including phenoxy) is 1. The first-order chi connectivity index (χ1) is 12.1. The molecule has 25 heavy (non-hydrogen) atoms. The number of halogens is 1. The van der Waals surface area contributed by atoms with Crippen LogP contribution in [-0.4, -0.2) is 12.5 Å². The molecule has 0 saturated carbocycles. The van der Waals surface area contributed by atoms with E-state index in [9.17, 15) is 9.18 Å². The maximum absolute atomic E-state index is 12.9. The number of aryl methyl sites for hydroxylation is 1. The number of hydrogen-bond acceptors (Lipinski definition) is 3. The van der Waals surface area contributed by atoms with Crippen molar-refractivity contribution in [3.05, 3.63) is 77.8 Å². The lowest BCUT2D eigenvalue weighted by Crippen LogP contribution is -2.28. The number of carbonyl (C=O) groups is 1. The standard InChI is InChI=1S/C20H18FNO3/c1-14-3-2-4-17(11-14)24-13-20(23)22-12-18-9-10-19(25-18)15-5-7-16(21)8-6-15/h2-11H,12-13H2,1H3,(H,22,23). The molecule has 2 aromatic carbocycles. The number of nitrogens with one attached hydrogen (secondary N) is 1. The summed E-state index contributed by atoms with van der Waals surface area (Å²) in [6, 6.07) is 17.1. The quantitative estimate of drug-likeness (QED) is 0.736. The fraction of sp³-hybridized carbons (Fsp3) is 0.150. The molecule has 0 aliphatic heterocycles. The van der Waals surface area contributed by atoms with E-state index in [1.165, 1.54) is 12.1 Å². The summed E-state index contributed by atoms with van der Waals surface area (Å²) < 4.78 is 24.0. The number of hydrogen-bond donors (Lipinski definition) is 1. The average Bonchev–Trinajstić information content (AvgIpc) is 3.08. The van der Waals surface area contributed by atoms with Gasteiger partial charge in [0.15, 0.2) is 6.61 Å². The monoisotopic (exact) mass is 339 g/mol. The van der Waals surface area contributed by atoms with Crippen molar-refractivity contribution in [3.63, 3.8) is 0 Å². The Bertz CT molecular complexity index is 855. The number of furan rings is 1. The highest BCUT2D eigenvalue weighted by molar-refractivity contribution is 5.77. The Labute approximate surface area is 145 Å². The van der Waals surface area contributed by atoms with E-state index in [2.05, 4.69) is 5.32 Å². The van der Waals surface area contributed by atoms with E-state index in [4.69, 9.17) is 9.15 Å². The van der Waals surface area contributed by atoms with Crippen molar-refractivity contribution >= 4 is 5.91 Å². The Hall–Kier alpha value is -3.08. The van der Waals surface area contributed by atoms with Gasteiger partial charge in [0.1, 0.15) is 23.1 Å². The molecule has 0 saturated heterocycles. The second kappa shape index (κ2) is 7.66. The second-order valence-electron chi connectivity index (χ2n) is 5.65. The summed E-state index contributed by atoms with van der Waals surface area (Å²) in [5.74, 6) is 1.37. The predicted octanol–water partition coefficient (Wildman–Crippen LogP) is 4.09. The number of rotatable bonds is 6. The van der Waals surface area contributed by atoms with Gasteiger partial charge in [-0.1, -0.05) is 12.1 Å². The molecule has 1 heterocycles. The summed E-state index contributed by atoms with van der Waals surface area (Å²) in [7, 11) is 0. The highest BCUT2D eigenvalue weighted by Crippen LogP contribution is 2.22. The molecule has 1 amide bonds. The van der Waals surface area contributed by atoms with Crippen molar-refractivity contribution in [2.24, 2.45) is 0 Å². The first-order valence-electron chi connectivity index (χ1n) is 7.91. The van der Waals surface area contributed by atoms with Crippen LogP contribution in [-0.2, 0) is 11.3 Å². The smallest absolute Gasteiger partial charge is 0.258 e. The molecule has 4 nitrogen and oxygen atoms in total. The lowest BCUT2D eigenvalue weighted by atomic mass is 10.2. The number of benzene rings is 2. The fourth-order valence-electron chi connectivity index (χ4n) is 2.33. The van der Waals surface area contributed by atoms with Crippen LogP contribution in [0.25, 0.3) is 11.3 Å². The van der Waals surface area contributed by atoms with Crippen molar-refractivity contribution in [1.82, 2.24) is 5.32 Å². The van der Waals surface area contributed by atoms with Gasteiger partial charge in [-0.3, -0.25) is 4.79 Å². The molecule has 0 aliphatic rings. The van der Waals surface area contributed by atoms with Crippen molar-refractivity contribution in [3.8, 4) is 17.1 Å². The third kappa shape index (κ3) is 4.70. The number of carbonyl (C=O) groups excluding carboxylic acids is 1. The van der Waals surface area contributed by atoms with Crippen LogP contribution < -0.4 is 10.1 Å². The normalized spacial score (nSPS) is 10.5. The topological polar surface area (TPSA) is 51.5 Å². The molecule has 0 bridgehead atoms. The molecule has 0 atom stereocenters. The van der Waals surface area contributed by atoms with Gasteiger partial charge in [0, 0.05) is 5.56 Å². The Kier molecular flexibility index (Phi) is 5.14. The van der Waals surface area contributed by atoms with Gasteiger partial charge < -0.3 is 14.5 Å². The van der Waals surface area contributed by atoms with E-state index in [0.717, 1.165) is 11.1 Å². The zero-order valence-electron chi connectivity index (χ0n) is 13.8. The molecule has 5 heteroatoms. The maximum atomic E-state index is 12.9. The van der Waals surface area contributed by atoms with E-state index >= 15 is 0 Å². The average molecular weight is 339 g/mol. The molecule has 0 aliphatic carbocycles. The van der Waals surface area contributed by atoms with Gasteiger partial charge in [-0.15, -0.1) is 0 Å². The summed E-state index contributed by atoms with van der Waals surface area (Å²) in [6.45, 7) is 2.16. The highest BCUT2D eigenvalue weighted by atomic mass is 19.1. The molecule has 1 aromatic heterocycles. The molecule has 1 N–H and O–H groups in total. The number of amides is 1. The van der Waals surface area contributed by atoms with Crippen LogP contribution in [0.4, 0.5) is 4.39 Å². The van der Waals surface area contributed by atoms with Gasteiger partial charge in [0.2, 0.25) is 0 Å². The largest absolute Gasteiger partial charge is 0.484 e. The molecular weight excluding hydrogens is 321 g/mol. The third-order valence-corrected chi connectivity index (χ3v) is 3.61. The molecule has 128 valence electrons. The Balaban J connectivity index is 1.50. The summed E-state index contributed by atoms with van der Waals surface area (Å²) in [5, 5.41) is 2.74. The Morgan fingerprint density at radius 1 is 1.12 bits per heavy atom. The van der Waals surface area contributed by atoms with Crippen LogP contribution in [0.15, 0.2) is 65.1 Å². The van der Waals surface area contributed by atoms with Crippen molar-refractivity contribution in [2.45, 2.75) is 13.5 Å². The molecule has 3 rings (SSSR count). The van der Waals surface area contributed by atoms with Crippen LogP contribution in [0.3, 0.4) is 0 Å². The van der Waals surface area contributed by atoms with Crippen molar-refractivity contribution in [2.75, 3.05) is 6.61 Å². The van der Waals surface area contributed by atoms with Crippen LogP contribution in [0.5, 0.6) is 5.75 Å². The van der Waals surface area contributed by atoms with E-state index in [1.807, 2.05) is 31.2 Å². The molecule has 0 unspecified atom stereocenters. The lowest BCUT2D eigenvalue weighted by Gasteiger charge is -2.07. The van der Waals surface area contributed by atoms with E-state index in [0.29, 0.717) is 17.3 Å².